The Labute approximate surface area is 196 Å². The molecule has 6 nitrogen and oxygen atoms in total. The first-order valence-electron chi connectivity index (χ1n) is 8.94. The smallest absolute Gasteiger partial charge is 0.271 e. The van der Waals surface area contributed by atoms with Crippen molar-refractivity contribution in [2.75, 3.05) is 13.2 Å². The van der Waals surface area contributed by atoms with Gasteiger partial charge in [-0.2, -0.15) is 0 Å². The van der Waals surface area contributed by atoms with Gasteiger partial charge in [0, 0.05) is 27.5 Å². The van der Waals surface area contributed by atoms with Crippen LogP contribution < -0.4 is 19.7 Å². The average Bonchev–Trinajstić information content (AvgIpc) is 3.14. The fourth-order valence-electron chi connectivity index (χ4n) is 2.95. The Bertz CT molecular complexity index is 1140. The van der Waals surface area contributed by atoms with E-state index in [9.17, 15) is 4.79 Å². The third kappa shape index (κ3) is 4.85. The molecule has 1 aliphatic heterocycles. The van der Waals surface area contributed by atoms with Crippen LogP contribution in [0.4, 0.5) is 0 Å². The third-order valence-electron chi connectivity index (χ3n) is 4.29. The average molecular weight is 553 g/mol. The molecule has 156 valence electrons. The summed E-state index contributed by atoms with van der Waals surface area (Å²) < 4.78 is 14.1. The molecular weight excluding hydrogens is 534 g/mol. The Balaban J connectivity index is 0.00000256. The van der Waals surface area contributed by atoms with E-state index in [1.165, 1.54) is 11.3 Å². The molecule has 1 aromatic heterocycles. The molecule has 1 N–H and O–H groups in total. The van der Waals surface area contributed by atoms with Gasteiger partial charge in [-0.05, 0) is 36.4 Å². The molecule has 0 aliphatic carbocycles. The molecule has 2 aromatic carbocycles. The zero-order valence-corrected chi connectivity index (χ0v) is 20.0. The van der Waals surface area contributed by atoms with Crippen molar-refractivity contribution in [2.45, 2.75) is 6.54 Å². The van der Waals surface area contributed by atoms with Gasteiger partial charge in [0.1, 0.15) is 13.2 Å². The van der Waals surface area contributed by atoms with E-state index in [0.29, 0.717) is 30.1 Å². The summed E-state index contributed by atoms with van der Waals surface area (Å²) in [5.41, 5.74) is 5.10. The highest BCUT2D eigenvalue weighted by molar-refractivity contribution is 9.10. The van der Waals surface area contributed by atoms with Gasteiger partial charge in [-0.3, -0.25) is 4.79 Å². The predicted molar refractivity (Wildman–Crippen MR) is 126 cm³/mol. The highest BCUT2D eigenvalue weighted by Gasteiger charge is 2.15. The van der Waals surface area contributed by atoms with Gasteiger partial charge in [-0.15, -0.1) is 40.0 Å². The van der Waals surface area contributed by atoms with Crippen LogP contribution in [-0.4, -0.2) is 23.7 Å². The van der Waals surface area contributed by atoms with Crippen LogP contribution in [0.2, 0.25) is 0 Å². The minimum atomic E-state index is -0.272. The van der Waals surface area contributed by atoms with Gasteiger partial charge in [0.15, 0.2) is 11.5 Å². The van der Waals surface area contributed by atoms with Crippen molar-refractivity contribution in [2.24, 2.45) is 5.10 Å². The van der Waals surface area contributed by atoms with Gasteiger partial charge in [-0.25, -0.2) is 5.43 Å². The molecule has 0 atom stereocenters. The van der Waals surface area contributed by atoms with Crippen LogP contribution in [0, 0.1) is 0 Å². The summed E-state index contributed by atoms with van der Waals surface area (Å²) in [6.07, 6.45) is 1.80. The van der Waals surface area contributed by atoms with E-state index in [0.717, 1.165) is 27.2 Å². The Kier molecular flexibility index (Phi) is 7.52. The number of hydrogen-bond acceptors (Lipinski definition) is 5. The maximum Gasteiger partial charge on any atom is 0.271 e. The van der Waals surface area contributed by atoms with Gasteiger partial charge >= 0.3 is 0 Å². The normalized spacial score (nSPS) is 12.8. The number of amides is 1. The van der Waals surface area contributed by atoms with E-state index in [1.54, 1.807) is 18.2 Å². The minimum Gasteiger partial charge on any atom is -0.486 e. The van der Waals surface area contributed by atoms with Gasteiger partial charge < -0.3 is 14.0 Å². The number of hydrogen-bond donors (Lipinski definition) is 1. The van der Waals surface area contributed by atoms with Crippen molar-refractivity contribution in [3.05, 3.63) is 75.3 Å². The lowest BCUT2D eigenvalue weighted by Crippen LogP contribution is -2.24. The van der Waals surface area contributed by atoms with E-state index < -0.39 is 0 Å². The standard InChI is InChI=1S/C21H18BrN3O3S.BrH/c1-2-8-25-17(14-6-7-18-19(12-14)28-10-9-27-18)13-29-21(25)24-23-20(26)15-4-3-5-16(22)11-15;/h2-7,11-13H,1,8-10H2,(H,23,26);1H/b24-21+;. The second-order valence-corrected chi connectivity index (χ2v) is 7.98. The molecular formula is C21H19Br2N3O3S. The summed E-state index contributed by atoms with van der Waals surface area (Å²) in [5.74, 6) is 1.20. The quantitative estimate of drug-likeness (QED) is 0.366. The van der Waals surface area contributed by atoms with E-state index >= 15 is 0 Å². The lowest BCUT2D eigenvalue weighted by Gasteiger charge is -2.19. The number of carbonyl (C=O) groups is 1. The lowest BCUT2D eigenvalue weighted by molar-refractivity contribution is 0.0953. The van der Waals surface area contributed by atoms with Crippen LogP contribution in [0.25, 0.3) is 11.3 Å². The van der Waals surface area contributed by atoms with Gasteiger partial charge in [0.2, 0.25) is 4.80 Å². The van der Waals surface area contributed by atoms with E-state index in [2.05, 4.69) is 33.0 Å². The van der Waals surface area contributed by atoms with E-state index in [-0.39, 0.29) is 22.9 Å². The maximum atomic E-state index is 12.4. The number of ether oxygens (including phenoxy) is 2. The Morgan fingerprint density at radius 1 is 1.23 bits per heavy atom. The van der Waals surface area contributed by atoms with Crippen molar-refractivity contribution in [1.82, 2.24) is 9.99 Å². The minimum absolute atomic E-state index is 0. The summed E-state index contributed by atoms with van der Waals surface area (Å²) >= 11 is 4.81. The molecule has 0 bridgehead atoms. The largest absolute Gasteiger partial charge is 0.486 e. The molecule has 4 rings (SSSR count). The summed E-state index contributed by atoms with van der Waals surface area (Å²) in [6, 6.07) is 13.0. The number of nitrogens with one attached hydrogen (secondary N) is 1. The molecule has 0 unspecified atom stereocenters. The number of allylic oxidation sites excluding steroid dienone is 1. The zero-order chi connectivity index (χ0) is 20.2. The molecule has 2 heterocycles. The Morgan fingerprint density at radius 3 is 2.80 bits per heavy atom. The summed E-state index contributed by atoms with van der Waals surface area (Å²) in [4.78, 5) is 13.1. The first-order chi connectivity index (χ1) is 14.2. The Morgan fingerprint density at radius 2 is 2.03 bits per heavy atom. The van der Waals surface area contributed by atoms with Gasteiger partial charge in [0.05, 0.1) is 5.69 Å². The third-order valence-corrected chi connectivity index (χ3v) is 5.64. The molecule has 3 aromatic rings. The highest BCUT2D eigenvalue weighted by Crippen LogP contribution is 2.34. The SMILES string of the molecule is Br.C=CCn1c(-c2ccc3c(c2)OCCO3)cs/c1=N/NC(=O)c1cccc(Br)c1. The summed E-state index contributed by atoms with van der Waals surface area (Å²) in [6.45, 7) is 5.49. The summed E-state index contributed by atoms with van der Waals surface area (Å²) in [7, 11) is 0. The molecule has 0 spiro atoms. The number of aromatic nitrogens is 1. The molecule has 0 saturated carbocycles. The maximum absolute atomic E-state index is 12.4. The van der Waals surface area contributed by atoms with Gasteiger partial charge in [0.25, 0.3) is 5.91 Å². The highest BCUT2D eigenvalue weighted by atomic mass is 79.9. The number of thiazole rings is 1. The van der Waals surface area contributed by atoms with Crippen molar-refractivity contribution in [1.29, 1.82) is 0 Å². The van der Waals surface area contributed by atoms with Crippen LogP contribution in [0.1, 0.15) is 10.4 Å². The lowest BCUT2D eigenvalue weighted by atomic mass is 10.1. The van der Waals surface area contributed by atoms with Crippen LogP contribution in [0.5, 0.6) is 11.5 Å². The first-order valence-corrected chi connectivity index (χ1v) is 10.6. The first kappa shape index (κ1) is 22.3. The molecule has 9 heteroatoms. The number of carbonyl (C=O) groups excluding carboxylic acids is 1. The molecule has 0 radical (unpaired) electrons. The molecule has 1 aliphatic rings. The summed E-state index contributed by atoms with van der Waals surface area (Å²) in [5, 5.41) is 6.33. The monoisotopic (exact) mass is 551 g/mol. The number of fused-ring (bicyclic) bond motifs is 1. The van der Waals surface area contributed by atoms with Crippen LogP contribution in [0.3, 0.4) is 0 Å². The van der Waals surface area contributed by atoms with Crippen LogP contribution >= 0.6 is 44.2 Å². The predicted octanol–water partition coefficient (Wildman–Crippen LogP) is 4.76. The van der Waals surface area contributed by atoms with Crippen molar-refractivity contribution >= 4 is 50.2 Å². The molecule has 0 fully saturated rings. The molecule has 0 saturated heterocycles. The fourth-order valence-corrected chi connectivity index (χ4v) is 4.23. The van der Waals surface area contributed by atoms with Crippen LogP contribution in [0.15, 0.2) is 70.1 Å². The molecule has 30 heavy (non-hydrogen) atoms. The Hall–Kier alpha value is -2.36. The van der Waals surface area contributed by atoms with Crippen LogP contribution in [-0.2, 0) is 6.54 Å². The number of halogens is 2. The van der Waals surface area contributed by atoms with Gasteiger partial charge in [-0.1, -0.05) is 28.1 Å². The van der Waals surface area contributed by atoms with E-state index in [1.807, 2.05) is 40.3 Å². The topological polar surface area (TPSA) is 64.8 Å². The van der Waals surface area contributed by atoms with Crippen molar-refractivity contribution in [3.8, 4) is 22.8 Å². The number of benzene rings is 2. The second-order valence-electron chi connectivity index (χ2n) is 6.22. The molecule has 1 amide bonds. The van der Waals surface area contributed by atoms with Crippen molar-refractivity contribution in [3.63, 3.8) is 0 Å². The van der Waals surface area contributed by atoms with Crippen molar-refractivity contribution < 1.29 is 14.3 Å². The van der Waals surface area contributed by atoms with E-state index in [4.69, 9.17) is 9.47 Å². The number of nitrogens with zero attached hydrogens (tertiary/aromatic N) is 2. The second kappa shape index (κ2) is 10.1. The fraction of sp³-hybridized carbons (Fsp3) is 0.143. The zero-order valence-electron chi connectivity index (χ0n) is 15.8. The number of rotatable bonds is 5.